The molecule has 0 bridgehead atoms. The van der Waals surface area contributed by atoms with E-state index in [1.807, 2.05) is 35.8 Å². The van der Waals surface area contributed by atoms with Gasteiger partial charge in [-0.3, -0.25) is 4.99 Å². The molecule has 7 heteroatoms. The third-order valence-electron chi connectivity index (χ3n) is 4.09. The first kappa shape index (κ1) is 18.3. The predicted octanol–water partition coefficient (Wildman–Crippen LogP) is 4.70. The molecule has 0 aliphatic rings. The van der Waals surface area contributed by atoms with Gasteiger partial charge in [0, 0.05) is 18.4 Å². The first-order valence-electron chi connectivity index (χ1n) is 7.94. The standard InChI is InChI=1S/C19H18F3N3S/c1-12-17(14-6-4-7-15(10-14)19(20,21)22)26-18(24-2)25(12)11-13-5-3-8-16(23)9-13/h3-10H,11,23H2,1-2H3. The molecule has 0 radical (unpaired) electrons. The number of rotatable bonds is 3. The average molecular weight is 377 g/mol. The van der Waals surface area contributed by atoms with Gasteiger partial charge >= 0.3 is 6.18 Å². The van der Waals surface area contributed by atoms with Crippen LogP contribution in [-0.4, -0.2) is 11.6 Å². The number of anilines is 1. The Balaban J connectivity index is 2.07. The third kappa shape index (κ3) is 3.67. The van der Waals surface area contributed by atoms with Crippen LogP contribution in [0.1, 0.15) is 16.8 Å². The summed E-state index contributed by atoms with van der Waals surface area (Å²) in [6.45, 7) is 2.45. The van der Waals surface area contributed by atoms with Crippen molar-refractivity contribution in [1.29, 1.82) is 0 Å². The summed E-state index contributed by atoms with van der Waals surface area (Å²) in [5.74, 6) is 0. The summed E-state index contributed by atoms with van der Waals surface area (Å²) >= 11 is 1.38. The molecule has 2 N–H and O–H groups in total. The maximum atomic E-state index is 13.0. The quantitative estimate of drug-likeness (QED) is 0.661. The maximum Gasteiger partial charge on any atom is 0.416 e. The molecule has 1 aromatic heterocycles. The Bertz CT molecular complexity index is 1000. The number of alkyl halides is 3. The number of hydrogen-bond acceptors (Lipinski definition) is 3. The molecule has 0 aliphatic heterocycles. The van der Waals surface area contributed by atoms with Crippen molar-refractivity contribution >= 4 is 17.0 Å². The number of nitrogen functional groups attached to an aromatic ring is 1. The molecule has 1 heterocycles. The van der Waals surface area contributed by atoms with Crippen LogP contribution in [-0.2, 0) is 12.7 Å². The van der Waals surface area contributed by atoms with Gasteiger partial charge in [0.15, 0.2) is 4.80 Å². The van der Waals surface area contributed by atoms with Crippen LogP contribution >= 0.6 is 11.3 Å². The van der Waals surface area contributed by atoms with Crippen molar-refractivity contribution in [3.8, 4) is 10.4 Å². The van der Waals surface area contributed by atoms with Gasteiger partial charge in [0.25, 0.3) is 0 Å². The summed E-state index contributed by atoms with van der Waals surface area (Å²) < 4.78 is 41.1. The highest BCUT2D eigenvalue weighted by Crippen LogP contribution is 2.34. The highest BCUT2D eigenvalue weighted by atomic mass is 32.1. The van der Waals surface area contributed by atoms with Crippen molar-refractivity contribution in [2.45, 2.75) is 19.6 Å². The van der Waals surface area contributed by atoms with Crippen molar-refractivity contribution in [1.82, 2.24) is 4.57 Å². The Morgan fingerprint density at radius 3 is 2.50 bits per heavy atom. The van der Waals surface area contributed by atoms with Gasteiger partial charge in [0.2, 0.25) is 0 Å². The van der Waals surface area contributed by atoms with E-state index in [0.29, 0.717) is 17.8 Å². The Morgan fingerprint density at radius 2 is 1.85 bits per heavy atom. The summed E-state index contributed by atoms with van der Waals surface area (Å²) in [7, 11) is 1.68. The largest absolute Gasteiger partial charge is 0.416 e. The molecule has 3 nitrogen and oxygen atoms in total. The molecular weight excluding hydrogens is 359 g/mol. The van der Waals surface area contributed by atoms with E-state index >= 15 is 0 Å². The zero-order chi connectivity index (χ0) is 18.9. The summed E-state index contributed by atoms with van der Waals surface area (Å²) in [6, 6.07) is 12.9. The molecule has 0 amide bonds. The number of benzene rings is 2. The fourth-order valence-electron chi connectivity index (χ4n) is 2.82. The van der Waals surface area contributed by atoms with Crippen LogP contribution in [0.4, 0.5) is 18.9 Å². The van der Waals surface area contributed by atoms with Crippen molar-refractivity contribution < 1.29 is 13.2 Å². The maximum absolute atomic E-state index is 13.0. The molecule has 0 unspecified atom stereocenters. The second-order valence-corrected chi connectivity index (χ2v) is 6.91. The van der Waals surface area contributed by atoms with Crippen LogP contribution in [0, 0.1) is 6.92 Å². The van der Waals surface area contributed by atoms with Gasteiger partial charge in [-0.25, -0.2) is 0 Å². The molecule has 0 saturated carbocycles. The van der Waals surface area contributed by atoms with Crippen LogP contribution in [0.2, 0.25) is 0 Å². The van der Waals surface area contributed by atoms with E-state index in [1.54, 1.807) is 13.1 Å². The fraction of sp³-hybridized carbons (Fsp3) is 0.211. The van der Waals surface area contributed by atoms with E-state index in [-0.39, 0.29) is 0 Å². The monoisotopic (exact) mass is 377 g/mol. The van der Waals surface area contributed by atoms with E-state index in [0.717, 1.165) is 27.0 Å². The zero-order valence-electron chi connectivity index (χ0n) is 14.3. The molecule has 2 aromatic carbocycles. The van der Waals surface area contributed by atoms with E-state index in [2.05, 4.69) is 4.99 Å². The summed E-state index contributed by atoms with van der Waals surface area (Å²) in [5, 5.41) is 0. The number of halogens is 3. The predicted molar refractivity (Wildman–Crippen MR) is 98.9 cm³/mol. The lowest BCUT2D eigenvalue weighted by Crippen LogP contribution is -2.17. The van der Waals surface area contributed by atoms with Crippen molar-refractivity contribution in [2.24, 2.45) is 4.99 Å². The highest BCUT2D eigenvalue weighted by Gasteiger charge is 2.30. The number of hydrogen-bond donors (Lipinski definition) is 1. The lowest BCUT2D eigenvalue weighted by molar-refractivity contribution is -0.137. The van der Waals surface area contributed by atoms with Crippen molar-refractivity contribution in [2.75, 3.05) is 12.8 Å². The van der Waals surface area contributed by atoms with Crippen LogP contribution in [0.15, 0.2) is 53.5 Å². The van der Waals surface area contributed by atoms with Gasteiger partial charge in [0.1, 0.15) is 0 Å². The molecule has 136 valence electrons. The first-order valence-corrected chi connectivity index (χ1v) is 8.76. The first-order chi connectivity index (χ1) is 12.3. The van der Waals surface area contributed by atoms with Crippen LogP contribution in [0.3, 0.4) is 0 Å². The Morgan fingerprint density at radius 1 is 1.12 bits per heavy atom. The van der Waals surface area contributed by atoms with Crippen LogP contribution in [0.5, 0.6) is 0 Å². The lowest BCUT2D eigenvalue weighted by atomic mass is 10.1. The van der Waals surface area contributed by atoms with Gasteiger partial charge in [-0.15, -0.1) is 0 Å². The summed E-state index contributed by atoms with van der Waals surface area (Å²) in [4.78, 5) is 5.82. The molecular formula is C19H18F3N3S. The average Bonchev–Trinajstić information content (AvgIpc) is 2.90. The van der Waals surface area contributed by atoms with Gasteiger partial charge in [-0.1, -0.05) is 35.6 Å². The lowest BCUT2D eigenvalue weighted by Gasteiger charge is -2.10. The second-order valence-electron chi connectivity index (χ2n) is 5.93. The van der Waals surface area contributed by atoms with E-state index in [1.165, 1.54) is 23.5 Å². The van der Waals surface area contributed by atoms with Crippen LogP contribution < -0.4 is 10.5 Å². The Hall–Kier alpha value is -2.54. The van der Waals surface area contributed by atoms with E-state index in [4.69, 9.17) is 5.73 Å². The Kier molecular flexibility index (Phi) is 4.91. The van der Waals surface area contributed by atoms with Crippen molar-refractivity contribution in [3.05, 3.63) is 70.2 Å². The normalized spacial score (nSPS) is 12.6. The molecule has 3 rings (SSSR count). The van der Waals surface area contributed by atoms with Gasteiger partial charge in [-0.05, 0) is 42.3 Å². The summed E-state index contributed by atoms with van der Waals surface area (Å²) in [5.41, 5.74) is 8.28. The second kappa shape index (κ2) is 6.99. The minimum Gasteiger partial charge on any atom is -0.399 e. The molecule has 0 aliphatic carbocycles. The van der Waals surface area contributed by atoms with Gasteiger partial charge < -0.3 is 10.3 Å². The highest BCUT2D eigenvalue weighted by molar-refractivity contribution is 7.13. The van der Waals surface area contributed by atoms with Gasteiger partial charge in [-0.2, -0.15) is 13.2 Å². The minimum absolute atomic E-state index is 0.540. The molecule has 0 spiro atoms. The molecule has 0 fully saturated rings. The number of nitrogens with zero attached hydrogens (tertiary/aromatic N) is 2. The zero-order valence-corrected chi connectivity index (χ0v) is 15.2. The van der Waals surface area contributed by atoms with E-state index in [9.17, 15) is 13.2 Å². The Labute approximate surface area is 153 Å². The SMILES string of the molecule is CN=c1sc(-c2cccc(C(F)(F)F)c2)c(C)n1Cc1cccc(N)c1. The molecule has 26 heavy (non-hydrogen) atoms. The smallest absolute Gasteiger partial charge is 0.399 e. The molecule has 0 saturated heterocycles. The topological polar surface area (TPSA) is 43.3 Å². The number of aromatic nitrogens is 1. The molecule has 3 aromatic rings. The van der Waals surface area contributed by atoms with Crippen LogP contribution in [0.25, 0.3) is 10.4 Å². The fourth-order valence-corrected chi connectivity index (χ4v) is 3.91. The minimum atomic E-state index is -4.36. The van der Waals surface area contributed by atoms with Crippen molar-refractivity contribution in [3.63, 3.8) is 0 Å². The molecule has 0 atom stereocenters. The third-order valence-corrected chi connectivity index (χ3v) is 5.41. The summed E-state index contributed by atoms with van der Waals surface area (Å²) in [6.07, 6.45) is -4.36. The van der Waals surface area contributed by atoms with Gasteiger partial charge in [0.05, 0.1) is 17.0 Å². The number of thiazole rings is 1. The number of nitrogens with two attached hydrogens (primary N) is 1. The van der Waals surface area contributed by atoms with E-state index < -0.39 is 11.7 Å².